The summed E-state index contributed by atoms with van der Waals surface area (Å²) in [4.78, 5) is 28.3. The van der Waals surface area contributed by atoms with Crippen molar-refractivity contribution in [3.05, 3.63) is 18.1 Å². The third-order valence-electron chi connectivity index (χ3n) is 4.96. The van der Waals surface area contributed by atoms with Crippen LogP contribution in [0.25, 0.3) is 11.0 Å². The fourth-order valence-electron chi connectivity index (χ4n) is 3.43. The Morgan fingerprint density at radius 3 is 2.69 bits per heavy atom. The Morgan fingerprint density at radius 1 is 1.31 bits per heavy atom. The van der Waals surface area contributed by atoms with E-state index >= 15 is 0 Å². The number of aliphatic hydroxyl groups excluding tert-OH is 2. The zero-order valence-corrected chi connectivity index (χ0v) is 16.1. The molecule has 156 valence electrons. The van der Waals surface area contributed by atoms with Crippen molar-refractivity contribution in [2.75, 3.05) is 30.9 Å². The van der Waals surface area contributed by atoms with Gasteiger partial charge in [0.25, 0.3) is 0 Å². The summed E-state index contributed by atoms with van der Waals surface area (Å²) in [6.07, 6.45) is -2.83. The smallest absolute Gasteiger partial charge is 0.350 e. The first-order valence-electron chi connectivity index (χ1n) is 8.96. The van der Waals surface area contributed by atoms with Gasteiger partial charge in [-0.15, -0.1) is 0 Å². The average Bonchev–Trinajstić information content (AvgIpc) is 3.15. The van der Waals surface area contributed by atoms with E-state index in [0.29, 0.717) is 16.9 Å². The highest BCUT2D eigenvalue weighted by Crippen LogP contribution is 2.37. The SMILES string of the molecule is N#Cc1nc(N2CCC2)c2ccn([C@@H]3O[C@H](COCP(=O)(O)O)[C@@H](O)[C@H]3O)c2n1. The van der Waals surface area contributed by atoms with Gasteiger partial charge >= 0.3 is 7.60 Å². The molecule has 0 aromatic carbocycles. The van der Waals surface area contributed by atoms with E-state index in [9.17, 15) is 20.0 Å². The van der Waals surface area contributed by atoms with Crippen LogP contribution < -0.4 is 4.90 Å². The third-order valence-corrected chi connectivity index (χ3v) is 5.48. The lowest BCUT2D eigenvalue weighted by Gasteiger charge is -2.32. The van der Waals surface area contributed by atoms with Crippen molar-refractivity contribution in [1.82, 2.24) is 14.5 Å². The topological polar surface area (TPSA) is 174 Å². The van der Waals surface area contributed by atoms with Crippen LogP contribution in [0.5, 0.6) is 0 Å². The summed E-state index contributed by atoms with van der Waals surface area (Å²) in [5.41, 5.74) is 0.381. The molecule has 0 aliphatic carbocycles. The van der Waals surface area contributed by atoms with Crippen LogP contribution in [-0.4, -0.2) is 78.9 Å². The maximum absolute atomic E-state index is 10.9. The van der Waals surface area contributed by atoms with Gasteiger partial charge in [-0.2, -0.15) is 5.26 Å². The first-order chi connectivity index (χ1) is 13.8. The molecule has 0 bridgehead atoms. The molecule has 29 heavy (non-hydrogen) atoms. The minimum Gasteiger partial charge on any atom is -0.387 e. The summed E-state index contributed by atoms with van der Waals surface area (Å²) in [7, 11) is -4.35. The van der Waals surface area contributed by atoms with Crippen molar-refractivity contribution in [3.8, 4) is 6.07 Å². The summed E-state index contributed by atoms with van der Waals surface area (Å²) >= 11 is 0. The van der Waals surface area contributed by atoms with Gasteiger partial charge in [-0.3, -0.25) is 4.57 Å². The van der Waals surface area contributed by atoms with E-state index in [-0.39, 0.29) is 12.4 Å². The molecule has 4 atom stereocenters. The summed E-state index contributed by atoms with van der Waals surface area (Å²) in [5, 5.41) is 30.7. The molecule has 0 unspecified atom stereocenters. The number of aliphatic hydroxyl groups is 2. The number of anilines is 1. The number of fused-ring (bicyclic) bond motifs is 1. The highest BCUT2D eigenvalue weighted by molar-refractivity contribution is 7.51. The molecule has 0 amide bonds. The number of rotatable bonds is 6. The van der Waals surface area contributed by atoms with Crippen LogP contribution in [-0.2, 0) is 14.0 Å². The Balaban J connectivity index is 1.61. The lowest BCUT2D eigenvalue weighted by molar-refractivity contribution is -0.0610. The van der Waals surface area contributed by atoms with Gasteiger partial charge in [-0.1, -0.05) is 0 Å². The lowest BCUT2D eigenvalue weighted by Crippen LogP contribution is -2.38. The molecule has 2 aliphatic rings. The molecule has 4 heterocycles. The number of hydrogen-bond acceptors (Lipinski definition) is 9. The molecule has 4 N–H and O–H groups in total. The monoisotopic (exact) mass is 425 g/mol. The molecule has 13 heteroatoms. The van der Waals surface area contributed by atoms with Gasteiger partial charge in [0.2, 0.25) is 5.82 Å². The van der Waals surface area contributed by atoms with Crippen LogP contribution in [0.3, 0.4) is 0 Å². The molecule has 2 fully saturated rings. The number of ether oxygens (including phenoxy) is 2. The summed E-state index contributed by atoms with van der Waals surface area (Å²) in [6, 6.07) is 3.69. The van der Waals surface area contributed by atoms with E-state index in [4.69, 9.17) is 19.3 Å². The Bertz CT molecular complexity index is 997. The van der Waals surface area contributed by atoms with Gasteiger partial charge in [-0.05, 0) is 12.5 Å². The van der Waals surface area contributed by atoms with Crippen LogP contribution in [0.4, 0.5) is 5.82 Å². The molecule has 2 saturated heterocycles. The minimum atomic E-state index is -4.35. The Labute approximate surface area is 165 Å². The fraction of sp³-hybridized carbons (Fsp3) is 0.562. The van der Waals surface area contributed by atoms with Gasteiger partial charge in [-0.25, -0.2) is 9.97 Å². The Morgan fingerprint density at radius 2 is 2.07 bits per heavy atom. The molecule has 12 nitrogen and oxygen atoms in total. The van der Waals surface area contributed by atoms with E-state index in [1.54, 1.807) is 12.3 Å². The molecule has 2 aliphatic heterocycles. The van der Waals surface area contributed by atoms with E-state index in [1.807, 2.05) is 11.0 Å². The number of nitriles is 1. The lowest BCUT2D eigenvalue weighted by atomic mass is 10.1. The first-order valence-corrected chi connectivity index (χ1v) is 10.8. The predicted molar refractivity (Wildman–Crippen MR) is 97.9 cm³/mol. The van der Waals surface area contributed by atoms with Gasteiger partial charge < -0.3 is 38.9 Å². The molecule has 2 aromatic rings. The third kappa shape index (κ3) is 3.86. The van der Waals surface area contributed by atoms with Crippen LogP contribution in [0.2, 0.25) is 0 Å². The second-order valence-corrected chi connectivity index (χ2v) is 8.58. The van der Waals surface area contributed by atoms with Crippen molar-refractivity contribution < 1.29 is 34.0 Å². The zero-order chi connectivity index (χ0) is 20.8. The maximum atomic E-state index is 10.9. The Hall–Kier alpha value is -2.10. The van der Waals surface area contributed by atoms with Crippen molar-refractivity contribution in [2.24, 2.45) is 0 Å². The second kappa shape index (κ2) is 7.62. The van der Waals surface area contributed by atoms with E-state index < -0.39 is 38.5 Å². The number of nitrogens with zero attached hydrogens (tertiary/aromatic N) is 5. The summed E-state index contributed by atoms with van der Waals surface area (Å²) in [6.45, 7) is 1.33. The zero-order valence-electron chi connectivity index (χ0n) is 15.2. The average molecular weight is 425 g/mol. The number of hydrogen-bond donors (Lipinski definition) is 4. The standard InChI is InChI=1S/C16H20N5O7P/c17-6-11-18-14(20-3-1-4-20)9-2-5-21(15(9)19-11)16-13(23)12(22)10(28-16)7-27-8-29(24,25)26/h2,5,10,12-13,16,22-23H,1,3-4,7-8H2,(H2,24,25,26)/t10-,12-,13-,16-/m1/s1. The van der Waals surface area contributed by atoms with Crippen molar-refractivity contribution in [1.29, 1.82) is 5.26 Å². The molecule has 0 saturated carbocycles. The van der Waals surface area contributed by atoms with Gasteiger partial charge in [0.15, 0.2) is 6.23 Å². The van der Waals surface area contributed by atoms with E-state index in [0.717, 1.165) is 19.5 Å². The molecule has 0 spiro atoms. The van der Waals surface area contributed by atoms with Crippen molar-refractivity contribution in [3.63, 3.8) is 0 Å². The molecule has 0 radical (unpaired) electrons. The molecular weight excluding hydrogens is 405 g/mol. The van der Waals surface area contributed by atoms with Crippen LogP contribution >= 0.6 is 7.60 Å². The Kier molecular flexibility index (Phi) is 5.30. The predicted octanol–water partition coefficient (Wildman–Crippen LogP) is -0.716. The van der Waals surface area contributed by atoms with Crippen molar-refractivity contribution in [2.45, 2.75) is 31.0 Å². The normalized spacial score (nSPS) is 27.2. The fourth-order valence-corrected chi connectivity index (χ4v) is 3.77. The van der Waals surface area contributed by atoms with Crippen LogP contribution in [0, 0.1) is 11.3 Å². The van der Waals surface area contributed by atoms with Gasteiger partial charge in [0, 0.05) is 19.3 Å². The van der Waals surface area contributed by atoms with Crippen LogP contribution in [0.15, 0.2) is 12.3 Å². The first kappa shape index (κ1) is 20.2. The summed E-state index contributed by atoms with van der Waals surface area (Å²) in [5.74, 6) is 0.611. The largest absolute Gasteiger partial charge is 0.387 e. The second-order valence-electron chi connectivity index (χ2n) is 6.99. The molecular formula is C16H20N5O7P. The number of aromatic nitrogens is 3. The highest BCUT2D eigenvalue weighted by Gasteiger charge is 2.44. The quantitative estimate of drug-likeness (QED) is 0.430. The van der Waals surface area contributed by atoms with Crippen molar-refractivity contribution >= 4 is 24.4 Å². The maximum Gasteiger partial charge on any atom is 0.350 e. The van der Waals surface area contributed by atoms with Gasteiger partial charge in [0.05, 0.1) is 12.0 Å². The highest BCUT2D eigenvalue weighted by atomic mass is 31.2. The molecule has 4 rings (SSSR count). The van der Waals surface area contributed by atoms with Gasteiger partial charge in [0.1, 0.15) is 42.2 Å². The minimum absolute atomic E-state index is 0.0195. The summed E-state index contributed by atoms with van der Waals surface area (Å²) < 4.78 is 23.0. The van der Waals surface area contributed by atoms with E-state index in [1.165, 1.54) is 4.57 Å². The van der Waals surface area contributed by atoms with E-state index in [2.05, 4.69) is 9.97 Å². The van der Waals surface area contributed by atoms with Crippen LogP contribution in [0.1, 0.15) is 18.5 Å². The molecule has 2 aromatic heterocycles.